The Bertz CT molecular complexity index is 879. The zero-order valence-corrected chi connectivity index (χ0v) is 14.0. The fourth-order valence-electron chi connectivity index (χ4n) is 2.93. The molecule has 3 rings (SSSR count). The van der Waals surface area contributed by atoms with E-state index >= 15 is 0 Å². The van der Waals surface area contributed by atoms with Crippen molar-refractivity contribution in [3.05, 3.63) is 58.9 Å². The summed E-state index contributed by atoms with van der Waals surface area (Å²) in [5.74, 6) is 1.29. The molecule has 0 aliphatic heterocycles. The highest BCUT2D eigenvalue weighted by Crippen LogP contribution is 2.23. The number of aryl methyl sites for hydroxylation is 3. The summed E-state index contributed by atoms with van der Waals surface area (Å²) in [6.45, 7) is 5.85. The van der Waals surface area contributed by atoms with Gasteiger partial charge in [0.15, 0.2) is 0 Å². The topological polar surface area (TPSA) is 79.8 Å². The molecule has 0 aliphatic carbocycles. The van der Waals surface area contributed by atoms with E-state index in [-0.39, 0.29) is 5.91 Å². The third-order valence-electron chi connectivity index (χ3n) is 4.06. The highest BCUT2D eigenvalue weighted by Gasteiger charge is 2.18. The average molecular weight is 327 g/mol. The standard InChI is InChI=1S/C18H21N3O3/c1-11-10-14(13(3)24-11)15(22)7-8-19-18(23)17-12(2)20-16-6-4-5-9-21(16)17/h4-6,9-10,15,22H,7-8H2,1-3H3,(H,19,23). The molecule has 0 radical (unpaired) electrons. The number of aromatic nitrogens is 2. The molecule has 0 spiro atoms. The van der Waals surface area contributed by atoms with Crippen LogP contribution < -0.4 is 5.32 Å². The first-order valence-corrected chi connectivity index (χ1v) is 7.94. The van der Waals surface area contributed by atoms with E-state index in [1.807, 2.05) is 51.2 Å². The molecule has 0 bridgehead atoms. The number of carbonyl (C=O) groups is 1. The quantitative estimate of drug-likeness (QED) is 0.755. The van der Waals surface area contributed by atoms with E-state index in [4.69, 9.17) is 4.42 Å². The minimum Gasteiger partial charge on any atom is -0.466 e. The van der Waals surface area contributed by atoms with E-state index in [0.717, 1.165) is 17.0 Å². The number of nitrogens with one attached hydrogen (secondary N) is 1. The summed E-state index contributed by atoms with van der Waals surface area (Å²) in [6.07, 6.45) is 1.57. The summed E-state index contributed by atoms with van der Waals surface area (Å²) < 4.78 is 7.20. The molecule has 3 aromatic heterocycles. The maximum Gasteiger partial charge on any atom is 0.270 e. The lowest BCUT2D eigenvalue weighted by atomic mass is 10.1. The van der Waals surface area contributed by atoms with E-state index in [1.165, 1.54) is 0 Å². The van der Waals surface area contributed by atoms with Gasteiger partial charge in [-0.3, -0.25) is 9.20 Å². The van der Waals surface area contributed by atoms with Crippen LogP contribution in [-0.4, -0.2) is 26.9 Å². The van der Waals surface area contributed by atoms with Gasteiger partial charge >= 0.3 is 0 Å². The molecule has 1 atom stereocenters. The fourth-order valence-corrected chi connectivity index (χ4v) is 2.93. The van der Waals surface area contributed by atoms with Crippen LogP contribution in [0.2, 0.25) is 0 Å². The molecule has 6 heteroatoms. The van der Waals surface area contributed by atoms with Gasteiger partial charge in [-0.05, 0) is 45.4 Å². The highest BCUT2D eigenvalue weighted by atomic mass is 16.3. The number of aliphatic hydroxyl groups is 1. The summed E-state index contributed by atoms with van der Waals surface area (Å²) in [5.41, 5.74) is 2.72. The van der Waals surface area contributed by atoms with Crippen molar-refractivity contribution in [3.8, 4) is 0 Å². The molecular formula is C18H21N3O3. The summed E-state index contributed by atoms with van der Waals surface area (Å²) in [4.78, 5) is 16.8. The number of hydrogen-bond donors (Lipinski definition) is 2. The predicted octanol–water partition coefficient (Wildman–Crippen LogP) is 2.71. The Morgan fingerprint density at radius 2 is 2.17 bits per heavy atom. The van der Waals surface area contributed by atoms with Crippen LogP contribution in [-0.2, 0) is 0 Å². The SMILES string of the molecule is Cc1cc(C(O)CCNC(=O)c2c(C)nc3ccccn23)c(C)o1. The van der Waals surface area contributed by atoms with Crippen LogP contribution in [0.25, 0.3) is 5.65 Å². The molecule has 126 valence electrons. The van der Waals surface area contributed by atoms with E-state index in [1.54, 1.807) is 4.40 Å². The molecule has 0 saturated carbocycles. The first-order valence-electron chi connectivity index (χ1n) is 7.94. The second-order valence-corrected chi connectivity index (χ2v) is 5.90. The lowest BCUT2D eigenvalue weighted by molar-refractivity contribution is 0.0936. The third-order valence-corrected chi connectivity index (χ3v) is 4.06. The maximum absolute atomic E-state index is 12.5. The average Bonchev–Trinajstić information content (AvgIpc) is 3.05. The smallest absolute Gasteiger partial charge is 0.270 e. The van der Waals surface area contributed by atoms with E-state index in [9.17, 15) is 9.90 Å². The Balaban J connectivity index is 1.65. The minimum absolute atomic E-state index is 0.196. The van der Waals surface area contributed by atoms with Gasteiger partial charge in [0.25, 0.3) is 5.91 Å². The number of amides is 1. The number of pyridine rings is 1. The van der Waals surface area contributed by atoms with Gasteiger partial charge in [0, 0.05) is 18.3 Å². The Kier molecular flexibility index (Phi) is 4.40. The lowest BCUT2D eigenvalue weighted by Gasteiger charge is -2.11. The van der Waals surface area contributed by atoms with Gasteiger partial charge in [-0.1, -0.05) is 6.07 Å². The van der Waals surface area contributed by atoms with Gasteiger partial charge in [0.05, 0.1) is 11.8 Å². The Morgan fingerprint density at radius 3 is 2.88 bits per heavy atom. The summed E-state index contributed by atoms with van der Waals surface area (Å²) in [5, 5.41) is 13.1. The number of hydrogen-bond acceptors (Lipinski definition) is 4. The number of furan rings is 1. The van der Waals surface area contributed by atoms with Gasteiger partial charge in [-0.15, -0.1) is 0 Å². The zero-order valence-electron chi connectivity index (χ0n) is 14.0. The first-order chi connectivity index (χ1) is 11.5. The van der Waals surface area contributed by atoms with Gasteiger partial charge in [-0.2, -0.15) is 0 Å². The van der Waals surface area contributed by atoms with E-state index < -0.39 is 6.10 Å². The molecule has 0 fully saturated rings. The zero-order chi connectivity index (χ0) is 17.3. The summed E-state index contributed by atoms with van der Waals surface area (Å²) >= 11 is 0. The number of carbonyl (C=O) groups excluding carboxylic acids is 1. The van der Waals surface area contributed by atoms with Crippen LogP contribution in [0.1, 0.15) is 45.8 Å². The third kappa shape index (κ3) is 3.05. The number of imidazole rings is 1. The van der Waals surface area contributed by atoms with Crippen molar-refractivity contribution in [2.75, 3.05) is 6.54 Å². The van der Waals surface area contributed by atoms with Crippen LogP contribution in [0.5, 0.6) is 0 Å². The van der Waals surface area contributed by atoms with Crippen LogP contribution >= 0.6 is 0 Å². The van der Waals surface area contributed by atoms with Crippen molar-refractivity contribution in [1.82, 2.24) is 14.7 Å². The van der Waals surface area contributed by atoms with Crippen molar-refractivity contribution in [2.45, 2.75) is 33.3 Å². The molecular weight excluding hydrogens is 306 g/mol. The van der Waals surface area contributed by atoms with Crippen molar-refractivity contribution >= 4 is 11.6 Å². The molecule has 2 N–H and O–H groups in total. The Morgan fingerprint density at radius 1 is 1.38 bits per heavy atom. The monoisotopic (exact) mass is 327 g/mol. The normalized spacial score (nSPS) is 12.5. The summed E-state index contributed by atoms with van der Waals surface area (Å²) in [7, 11) is 0. The molecule has 3 heterocycles. The molecule has 24 heavy (non-hydrogen) atoms. The van der Waals surface area contributed by atoms with E-state index in [0.29, 0.717) is 30.1 Å². The molecule has 6 nitrogen and oxygen atoms in total. The molecule has 0 aliphatic rings. The second kappa shape index (κ2) is 6.49. The number of nitrogens with zero attached hydrogens (tertiary/aromatic N) is 2. The molecule has 1 amide bonds. The maximum atomic E-state index is 12.5. The van der Waals surface area contributed by atoms with Crippen molar-refractivity contribution in [2.24, 2.45) is 0 Å². The van der Waals surface area contributed by atoms with Gasteiger partial charge < -0.3 is 14.8 Å². The van der Waals surface area contributed by atoms with Crippen LogP contribution in [0, 0.1) is 20.8 Å². The molecule has 3 aromatic rings. The van der Waals surface area contributed by atoms with Gasteiger partial charge in [0.1, 0.15) is 22.9 Å². The summed E-state index contributed by atoms with van der Waals surface area (Å²) in [6, 6.07) is 7.43. The van der Waals surface area contributed by atoms with Crippen molar-refractivity contribution < 1.29 is 14.3 Å². The second-order valence-electron chi connectivity index (χ2n) is 5.90. The number of fused-ring (bicyclic) bond motifs is 1. The fraction of sp³-hybridized carbons (Fsp3) is 0.333. The van der Waals surface area contributed by atoms with Crippen molar-refractivity contribution in [3.63, 3.8) is 0 Å². The first kappa shape index (κ1) is 16.3. The molecule has 1 unspecified atom stereocenters. The van der Waals surface area contributed by atoms with Crippen LogP contribution in [0.4, 0.5) is 0 Å². The van der Waals surface area contributed by atoms with Crippen LogP contribution in [0.15, 0.2) is 34.9 Å². The minimum atomic E-state index is -0.661. The highest BCUT2D eigenvalue weighted by molar-refractivity contribution is 5.94. The Labute approximate surface area is 140 Å². The van der Waals surface area contributed by atoms with Gasteiger partial charge in [0.2, 0.25) is 0 Å². The number of aliphatic hydroxyl groups excluding tert-OH is 1. The Hall–Kier alpha value is -2.60. The largest absolute Gasteiger partial charge is 0.466 e. The molecule has 0 saturated heterocycles. The lowest BCUT2D eigenvalue weighted by Crippen LogP contribution is -2.27. The van der Waals surface area contributed by atoms with Crippen molar-refractivity contribution in [1.29, 1.82) is 0 Å². The predicted molar refractivity (Wildman–Crippen MR) is 90.0 cm³/mol. The van der Waals surface area contributed by atoms with Gasteiger partial charge in [-0.25, -0.2) is 4.98 Å². The van der Waals surface area contributed by atoms with E-state index in [2.05, 4.69) is 10.3 Å². The van der Waals surface area contributed by atoms with Crippen LogP contribution in [0.3, 0.4) is 0 Å². The number of rotatable bonds is 5. The molecule has 0 aromatic carbocycles.